The van der Waals surface area contributed by atoms with Crippen LogP contribution in [0, 0.1) is 5.92 Å². The van der Waals surface area contributed by atoms with Crippen LogP contribution in [0.3, 0.4) is 0 Å². The molecule has 14 heteroatoms. The minimum atomic E-state index is -4.69. The van der Waals surface area contributed by atoms with Gasteiger partial charge in [0.25, 0.3) is 5.91 Å². The van der Waals surface area contributed by atoms with Crippen LogP contribution in [0.2, 0.25) is 5.02 Å². The number of hydrogen-bond acceptors (Lipinski definition) is 8. The van der Waals surface area contributed by atoms with Crippen LogP contribution in [0.4, 0.5) is 29.3 Å². The summed E-state index contributed by atoms with van der Waals surface area (Å²) in [6.45, 7) is 4.69. The molecule has 3 heterocycles. The van der Waals surface area contributed by atoms with Gasteiger partial charge in [-0.05, 0) is 74.6 Å². The summed E-state index contributed by atoms with van der Waals surface area (Å²) in [7, 11) is 1.36. The van der Waals surface area contributed by atoms with Crippen LogP contribution in [-0.4, -0.2) is 86.2 Å². The summed E-state index contributed by atoms with van der Waals surface area (Å²) in [6, 6.07) is 10.3. The number of para-hydroxylation sites is 1. The van der Waals surface area contributed by atoms with E-state index in [2.05, 4.69) is 20.9 Å². The molecular formula is C36H45ClF3N5O5. The van der Waals surface area contributed by atoms with Crippen LogP contribution in [0.15, 0.2) is 36.4 Å². The number of halogens is 4. The van der Waals surface area contributed by atoms with Crippen molar-refractivity contribution in [2.45, 2.75) is 81.7 Å². The SMILES string of the molecule is CNc1c(Cl)cc(C[C@@H](OC(=O)CCC2CCC3(CC2)OC(=O)Nc2ccccc23)C(=O)N2CCC(N3CCNCC3)CC2)cc1C(F)(F)F. The molecule has 2 amide bonds. The van der Waals surface area contributed by atoms with Gasteiger partial charge in [-0.1, -0.05) is 29.8 Å². The third-order valence-corrected chi connectivity index (χ3v) is 11.0. The molecule has 272 valence electrons. The molecule has 6 rings (SSSR count). The molecular weight excluding hydrogens is 675 g/mol. The van der Waals surface area contributed by atoms with Gasteiger partial charge in [0.15, 0.2) is 6.10 Å². The predicted molar refractivity (Wildman–Crippen MR) is 183 cm³/mol. The molecule has 1 atom stereocenters. The van der Waals surface area contributed by atoms with Crippen LogP contribution in [0.5, 0.6) is 0 Å². The monoisotopic (exact) mass is 719 g/mol. The quantitative estimate of drug-likeness (QED) is 0.264. The molecule has 0 aromatic heterocycles. The molecule has 1 spiro atoms. The number of nitrogens with one attached hydrogen (secondary N) is 3. The van der Waals surface area contributed by atoms with Crippen molar-refractivity contribution in [1.29, 1.82) is 0 Å². The fraction of sp³-hybridized carbons (Fsp3) is 0.583. The van der Waals surface area contributed by atoms with Crippen molar-refractivity contribution in [3.05, 3.63) is 58.1 Å². The molecule has 2 aromatic rings. The van der Waals surface area contributed by atoms with E-state index in [1.165, 1.54) is 13.1 Å². The molecule has 0 radical (unpaired) electrons. The molecule has 2 aromatic carbocycles. The third kappa shape index (κ3) is 8.15. The minimum absolute atomic E-state index is 0.0533. The molecule has 50 heavy (non-hydrogen) atoms. The maximum absolute atomic E-state index is 14.0. The number of fused-ring (bicyclic) bond motifs is 2. The summed E-state index contributed by atoms with van der Waals surface area (Å²) in [5, 5.41) is 8.50. The van der Waals surface area contributed by atoms with Crippen molar-refractivity contribution < 1.29 is 37.0 Å². The third-order valence-electron chi connectivity index (χ3n) is 10.7. The normalized spacial score (nSPS) is 23.8. The number of amides is 2. The molecule has 0 unspecified atom stereocenters. The zero-order chi connectivity index (χ0) is 35.5. The zero-order valence-electron chi connectivity index (χ0n) is 28.3. The number of ether oxygens (including phenoxy) is 2. The first-order valence-electron chi connectivity index (χ1n) is 17.6. The molecule has 1 saturated carbocycles. The van der Waals surface area contributed by atoms with E-state index < -0.39 is 41.4 Å². The second-order valence-corrected chi connectivity index (χ2v) is 14.2. The maximum atomic E-state index is 14.0. The van der Waals surface area contributed by atoms with E-state index in [1.807, 2.05) is 24.3 Å². The molecule has 1 aliphatic carbocycles. The van der Waals surface area contributed by atoms with E-state index in [4.69, 9.17) is 21.1 Å². The standard InChI is InChI=1S/C36H45ClF3N5O5/c1-41-32-27(36(38,39)40)20-24(21-28(32)37)22-30(33(47)45-16-10-25(11-17-45)44-18-14-42-15-19-44)49-31(46)7-6-23-8-12-35(13-9-23)26-4-2-3-5-29(26)43-34(48)50-35/h2-5,20-21,23,25,30,41-42H,6-19,22H2,1H3,(H,43,48)/t23?,30-,35?/m1/s1. The number of piperidine rings is 1. The largest absolute Gasteiger partial charge is 0.452 e. The average molecular weight is 720 g/mol. The lowest BCUT2D eigenvalue weighted by Gasteiger charge is -2.43. The average Bonchev–Trinajstić information content (AvgIpc) is 3.10. The van der Waals surface area contributed by atoms with Gasteiger partial charge in [0.05, 0.1) is 22.0 Å². The number of rotatable bonds is 9. The number of anilines is 2. The predicted octanol–water partition coefficient (Wildman–Crippen LogP) is 6.18. The van der Waals surface area contributed by atoms with Crippen molar-refractivity contribution >= 4 is 40.9 Å². The summed E-state index contributed by atoms with van der Waals surface area (Å²) in [6.07, 6.45) is -1.88. The number of esters is 1. The van der Waals surface area contributed by atoms with Gasteiger partial charge in [-0.25, -0.2) is 4.79 Å². The Balaban J connectivity index is 1.11. The van der Waals surface area contributed by atoms with Gasteiger partial charge < -0.3 is 25.0 Å². The van der Waals surface area contributed by atoms with E-state index in [0.29, 0.717) is 38.4 Å². The van der Waals surface area contributed by atoms with E-state index in [-0.39, 0.29) is 35.0 Å². The van der Waals surface area contributed by atoms with Crippen molar-refractivity contribution in [3.63, 3.8) is 0 Å². The number of alkyl halides is 3. The molecule has 2 saturated heterocycles. The van der Waals surface area contributed by atoms with Crippen LogP contribution in [0.1, 0.15) is 68.1 Å². The first kappa shape index (κ1) is 36.2. The lowest BCUT2D eigenvalue weighted by Crippen LogP contribution is -2.54. The Kier molecular flexibility index (Phi) is 11.1. The van der Waals surface area contributed by atoms with Crippen LogP contribution in [-0.2, 0) is 37.3 Å². The molecule has 0 bridgehead atoms. The van der Waals surface area contributed by atoms with Crippen LogP contribution < -0.4 is 16.0 Å². The number of carbonyl (C=O) groups excluding carboxylic acids is 3. The highest BCUT2D eigenvalue weighted by Crippen LogP contribution is 2.48. The Morgan fingerprint density at radius 2 is 1.78 bits per heavy atom. The lowest BCUT2D eigenvalue weighted by atomic mass is 9.73. The van der Waals surface area contributed by atoms with Gasteiger partial charge in [0.1, 0.15) is 5.60 Å². The number of benzene rings is 2. The zero-order valence-corrected chi connectivity index (χ0v) is 29.0. The summed E-state index contributed by atoms with van der Waals surface area (Å²) < 4.78 is 53.6. The summed E-state index contributed by atoms with van der Waals surface area (Å²) in [5.41, 5.74) is -0.0575. The van der Waals surface area contributed by atoms with Gasteiger partial charge in [-0.3, -0.25) is 19.8 Å². The highest BCUT2D eigenvalue weighted by atomic mass is 35.5. The smallest absolute Gasteiger partial charge is 0.418 e. The number of likely N-dealkylation sites (tertiary alicyclic amines) is 1. The highest BCUT2D eigenvalue weighted by Gasteiger charge is 2.45. The Labute approximate surface area is 295 Å². The summed E-state index contributed by atoms with van der Waals surface area (Å²) in [5.74, 6) is -0.813. The number of nitrogens with zero attached hydrogens (tertiary/aromatic N) is 2. The number of carbonyl (C=O) groups is 3. The van der Waals surface area contributed by atoms with Crippen LogP contribution >= 0.6 is 11.6 Å². The number of hydrogen-bond donors (Lipinski definition) is 3. The van der Waals surface area contributed by atoms with E-state index >= 15 is 0 Å². The topological polar surface area (TPSA) is 112 Å². The Morgan fingerprint density at radius 1 is 1.08 bits per heavy atom. The fourth-order valence-electron chi connectivity index (χ4n) is 8.05. The second-order valence-electron chi connectivity index (χ2n) is 13.8. The molecule has 4 aliphatic rings. The van der Waals surface area contributed by atoms with Gasteiger partial charge in [0.2, 0.25) is 0 Å². The van der Waals surface area contributed by atoms with Crippen molar-refractivity contribution in [1.82, 2.24) is 15.1 Å². The Morgan fingerprint density at radius 3 is 2.46 bits per heavy atom. The van der Waals surface area contributed by atoms with Crippen molar-refractivity contribution in [2.75, 3.05) is 56.9 Å². The minimum Gasteiger partial charge on any atom is -0.452 e. The van der Waals surface area contributed by atoms with Crippen LogP contribution in [0.25, 0.3) is 0 Å². The van der Waals surface area contributed by atoms with Crippen molar-refractivity contribution in [3.8, 4) is 0 Å². The highest BCUT2D eigenvalue weighted by molar-refractivity contribution is 6.33. The molecule has 3 aliphatic heterocycles. The lowest BCUT2D eigenvalue weighted by molar-refractivity contribution is -0.161. The van der Waals surface area contributed by atoms with Crippen molar-refractivity contribution in [2.24, 2.45) is 5.92 Å². The van der Waals surface area contributed by atoms with E-state index in [9.17, 15) is 27.6 Å². The summed E-state index contributed by atoms with van der Waals surface area (Å²) >= 11 is 6.27. The van der Waals surface area contributed by atoms with E-state index in [1.54, 1.807) is 4.90 Å². The first-order valence-corrected chi connectivity index (χ1v) is 17.9. The molecule has 10 nitrogen and oxygen atoms in total. The van der Waals surface area contributed by atoms with Gasteiger partial charge >= 0.3 is 18.2 Å². The first-order chi connectivity index (χ1) is 24.0. The summed E-state index contributed by atoms with van der Waals surface area (Å²) in [4.78, 5) is 43.7. The number of piperazine rings is 1. The Hall–Kier alpha value is -3.55. The van der Waals surface area contributed by atoms with Gasteiger partial charge in [-0.2, -0.15) is 13.2 Å². The maximum Gasteiger partial charge on any atom is 0.418 e. The molecule has 3 N–H and O–H groups in total. The Bertz CT molecular complexity index is 1550. The second kappa shape index (κ2) is 15.4. The van der Waals surface area contributed by atoms with Gasteiger partial charge in [-0.15, -0.1) is 0 Å². The molecule has 3 fully saturated rings. The fourth-order valence-corrected chi connectivity index (χ4v) is 8.39. The van der Waals surface area contributed by atoms with Gasteiger partial charge in [0, 0.05) is 70.8 Å². The van der Waals surface area contributed by atoms with E-state index in [0.717, 1.165) is 69.2 Å².